The summed E-state index contributed by atoms with van der Waals surface area (Å²) < 4.78 is 42.9. The van der Waals surface area contributed by atoms with Crippen LogP contribution in [0.25, 0.3) is 11.4 Å². The molecule has 1 aromatic carbocycles. The molecular formula is C13H12F3N3O. The highest BCUT2D eigenvalue weighted by atomic mass is 19.4. The van der Waals surface area contributed by atoms with Gasteiger partial charge in [0.1, 0.15) is 6.10 Å². The van der Waals surface area contributed by atoms with Crippen LogP contribution in [0, 0.1) is 0 Å². The monoisotopic (exact) mass is 283 g/mol. The van der Waals surface area contributed by atoms with Crippen molar-refractivity contribution in [2.75, 3.05) is 6.61 Å². The molecular weight excluding hydrogens is 271 g/mol. The number of nitrogens with one attached hydrogen (secondary N) is 1. The molecule has 0 saturated carbocycles. The van der Waals surface area contributed by atoms with Gasteiger partial charge in [0.2, 0.25) is 0 Å². The van der Waals surface area contributed by atoms with Crippen LogP contribution >= 0.6 is 0 Å². The zero-order chi connectivity index (χ0) is 14.2. The van der Waals surface area contributed by atoms with E-state index in [1.807, 2.05) is 0 Å². The van der Waals surface area contributed by atoms with Crippen LogP contribution in [0.1, 0.15) is 30.3 Å². The van der Waals surface area contributed by atoms with Gasteiger partial charge in [-0.3, -0.25) is 5.10 Å². The molecule has 1 aliphatic rings. The summed E-state index contributed by atoms with van der Waals surface area (Å²) >= 11 is 0. The lowest BCUT2D eigenvalue weighted by Crippen LogP contribution is -2.04. The molecule has 0 radical (unpaired) electrons. The second-order valence-electron chi connectivity index (χ2n) is 4.62. The van der Waals surface area contributed by atoms with E-state index in [-0.39, 0.29) is 6.10 Å². The van der Waals surface area contributed by atoms with Gasteiger partial charge in [0.15, 0.2) is 11.6 Å². The van der Waals surface area contributed by atoms with Crippen LogP contribution in [0.3, 0.4) is 0 Å². The molecule has 0 aliphatic carbocycles. The summed E-state index contributed by atoms with van der Waals surface area (Å²) in [6.45, 7) is 0.695. The maximum atomic E-state index is 12.5. The molecule has 0 bridgehead atoms. The zero-order valence-electron chi connectivity index (χ0n) is 10.4. The Kier molecular flexibility index (Phi) is 3.21. The second-order valence-corrected chi connectivity index (χ2v) is 4.62. The third-order valence-electron chi connectivity index (χ3n) is 3.21. The average molecular weight is 283 g/mol. The van der Waals surface area contributed by atoms with E-state index in [1.54, 1.807) is 0 Å². The summed E-state index contributed by atoms with van der Waals surface area (Å²) in [5.74, 6) is 1.00. The van der Waals surface area contributed by atoms with Crippen molar-refractivity contribution in [2.45, 2.75) is 25.1 Å². The fraction of sp³-hybridized carbons (Fsp3) is 0.385. The highest BCUT2D eigenvalue weighted by Crippen LogP contribution is 2.31. The Morgan fingerprint density at radius 3 is 2.55 bits per heavy atom. The number of halogens is 3. The molecule has 1 aliphatic heterocycles. The predicted molar refractivity (Wildman–Crippen MR) is 64.7 cm³/mol. The number of aromatic amines is 1. The maximum Gasteiger partial charge on any atom is 0.416 e. The van der Waals surface area contributed by atoms with E-state index in [4.69, 9.17) is 4.74 Å². The van der Waals surface area contributed by atoms with Crippen molar-refractivity contribution in [3.05, 3.63) is 35.7 Å². The van der Waals surface area contributed by atoms with Crippen molar-refractivity contribution in [1.82, 2.24) is 15.2 Å². The molecule has 1 fully saturated rings. The van der Waals surface area contributed by atoms with E-state index in [0.717, 1.165) is 25.0 Å². The van der Waals surface area contributed by atoms with Crippen LogP contribution in [0.2, 0.25) is 0 Å². The molecule has 1 aromatic heterocycles. The molecule has 0 amide bonds. The Hall–Kier alpha value is -1.89. The van der Waals surface area contributed by atoms with Crippen LogP contribution in [0.15, 0.2) is 24.3 Å². The number of hydrogen-bond acceptors (Lipinski definition) is 3. The van der Waals surface area contributed by atoms with E-state index in [2.05, 4.69) is 15.2 Å². The van der Waals surface area contributed by atoms with Gasteiger partial charge in [-0.25, -0.2) is 4.98 Å². The van der Waals surface area contributed by atoms with Gasteiger partial charge in [0.25, 0.3) is 0 Å². The van der Waals surface area contributed by atoms with Crippen LogP contribution < -0.4 is 0 Å². The van der Waals surface area contributed by atoms with E-state index in [0.29, 0.717) is 23.8 Å². The molecule has 1 saturated heterocycles. The molecule has 0 unspecified atom stereocenters. The first-order valence-electron chi connectivity index (χ1n) is 6.25. The van der Waals surface area contributed by atoms with Gasteiger partial charge in [0, 0.05) is 12.2 Å². The molecule has 2 heterocycles. The minimum absolute atomic E-state index is 0.0919. The van der Waals surface area contributed by atoms with Crippen LogP contribution in [-0.2, 0) is 10.9 Å². The van der Waals surface area contributed by atoms with Gasteiger partial charge in [-0.2, -0.15) is 18.3 Å². The van der Waals surface area contributed by atoms with E-state index in [1.165, 1.54) is 12.1 Å². The molecule has 20 heavy (non-hydrogen) atoms. The number of ether oxygens (including phenoxy) is 1. The molecule has 7 heteroatoms. The molecule has 1 atom stereocenters. The van der Waals surface area contributed by atoms with Crippen molar-refractivity contribution in [1.29, 1.82) is 0 Å². The van der Waals surface area contributed by atoms with Gasteiger partial charge < -0.3 is 4.74 Å². The van der Waals surface area contributed by atoms with Gasteiger partial charge in [-0.05, 0) is 25.0 Å². The number of alkyl halides is 3. The van der Waals surface area contributed by atoms with Gasteiger partial charge in [-0.1, -0.05) is 12.1 Å². The highest BCUT2D eigenvalue weighted by Gasteiger charge is 2.30. The Labute approximate surface area is 113 Å². The smallest absolute Gasteiger partial charge is 0.370 e. The Balaban J connectivity index is 1.82. The van der Waals surface area contributed by atoms with Crippen molar-refractivity contribution in [3.63, 3.8) is 0 Å². The fourth-order valence-electron chi connectivity index (χ4n) is 2.15. The number of benzene rings is 1. The predicted octanol–water partition coefficient (Wildman–Crippen LogP) is 3.34. The minimum atomic E-state index is -4.33. The molecule has 0 spiro atoms. The van der Waals surface area contributed by atoms with Crippen molar-refractivity contribution in [3.8, 4) is 11.4 Å². The van der Waals surface area contributed by atoms with E-state index in [9.17, 15) is 13.2 Å². The van der Waals surface area contributed by atoms with Crippen LogP contribution in [0.4, 0.5) is 13.2 Å². The Morgan fingerprint density at radius 2 is 1.95 bits per heavy atom. The van der Waals surface area contributed by atoms with E-state index < -0.39 is 11.7 Å². The number of H-pyrrole nitrogens is 1. The summed E-state index contributed by atoms with van der Waals surface area (Å²) in [6, 6.07) is 4.78. The molecule has 1 N–H and O–H groups in total. The maximum absolute atomic E-state index is 12.5. The van der Waals surface area contributed by atoms with E-state index >= 15 is 0 Å². The third kappa shape index (κ3) is 2.53. The number of rotatable bonds is 2. The van der Waals surface area contributed by atoms with Crippen molar-refractivity contribution in [2.24, 2.45) is 0 Å². The summed E-state index contributed by atoms with van der Waals surface area (Å²) in [7, 11) is 0. The summed E-state index contributed by atoms with van der Waals surface area (Å²) in [5, 5.41) is 6.81. The molecule has 106 valence electrons. The fourth-order valence-corrected chi connectivity index (χ4v) is 2.15. The molecule has 4 nitrogen and oxygen atoms in total. The number of nitrogens with zero attached hydrogens (tertiary/aromatic N) is 2. The topological polar surface area (TPSA) is 50.8 Å². The van der Waals surface area contributed by atoms with Crippen LogP contribution in [0.5, 0.6) is 0 Å². The standard InChI is InChI=1S/C13H12F3N3O/c14-13(15,16)9-5-3-8(4-6-9)11-17-12(19-18-11)10-2-1-7-20-10/h3-6,10H,1-2,7H2,(H,17,18,19)/t10-/m0/s1. The minimum Gasteiger partial charge on any atom is -0.370 e. The van der Waals surface area contributed by atoms with Gasteiger partial charge in [-0.15, -0.1) is 0 Å². The highest BCUT2D eigenvalue weighted by molar-refractivity contribution is 5.55. The van der Waals surface area contributed by atoms with Crippen molar-refractivity contribution < 1.29 is 17.9 Å². The lowest BCUT2D eigenvalue weighted by molar-refractivity contribution is -0.137. The molecule has 3 rings (SSSR count). The Bertz CT molecular complexity index is 586. The lowest BCUT2D eigenvalue weighted by Gasteiger charge is -2.06. The molecule has 2 aromatic rings. The average Bonchev–Trinajstić information content (AvgIpc) is 3.09. The van der Waals surface area contributed by atoms with Gasteiger partial charge in [0.05, 0.1) is 5.56 Å². The first kappa shape index (κ1) is 13.1. The lowest BCUT2D eigenvalue weighted by atomic mass is 10.1. The summed E-state index contributed by atoms with van der Waals surface area (Å²) in [6.07, 6.45) is -2.58. The Morgan fingerprint density at radius 1 is 1.20 bits per heavy atom. The first-order valence-corrected chi connectivity index (χ1v) is 6.25. The van der Waals surface area contributed by atoms with Crippen molar-refractivity contribution >= 4 is 0 Å². The number of aromatic nitrogens is 3. The van der Waals surface area contributed by atoms with Gasteiger partial charge >= 0.3 is 6.18 Å². The zero-order valence-corrected chi connectivity index (χ0v) is 10.4. The second kappa shape index (κ2) is 4.90. The summed E-state index contributed by atoms with van der Waals surface area (Å²) in [4.78, 5) is 4.28. The first-order chi connectivity index (χ1) is 9.54. The summed E-state index contributed by atoms with van der Waals surface area (Å²) in [5.41, 5.74) is -0.144. The number of hydrogen-bond donors (Lipinski definition) is 1. The van der Waals surface area contributed by atoms with Crippen LogP contribution in [-0.4, -0.2) is 21.8 Å². The third-order valence-corrected chi connectivity index (χ3v) is 3.21. The largest absolute Gasteiger partial charge is 0.416 e. The normalized spacial score (nSPS) is 19.4. The quantitative estimate of drug-likeness (QED) is 0.919. The SMILES string of the molecule is FC(F)(F)c1ccc(-c2n[nH]c([C@@H]3CCCO3)n2)cc1.